The summed E-state index contributed by atoms with van der Waals surface area (Å²) in [5.74, 6) is -0.0282. The monoisotopic (exact) mass is 245 g/mol. The highest BCUT2D eigenvalue weighted by Crippen LogP contribution is 2.17. The second-order valence-corrected chi connectivity index (χ2v) is 4.36. The van der Waals surface area contributed by atoms with Crippen molar-refractivity contribution in [3.63, 3.8) is 0 Å². The standard InChI is InChI=1S/C14H19N3O/c1-4-11(2)16-14(18)10-17(3)13-8-6-5-7-12(13)9-15/h5-8,11H,4,10H2,1-3H3,(H,16,18). The van der Waals surface area contributed by atoms with E-state index < -0.39 is 0 Å². The van der Waals surface area contributed by atoms with Crippen LogP contribution in [-0.2, 0) is 4.79 Å². The number of benzene rings is 1. The Kier molecular flexibility index (Phi) is 5.19. The maximum Gasteiger partial charge on any atom is 0.239 e. The largest absolute Gasteiger partial charge is 0.364 e. The third-order valence-corrected chi connectivity index (χ3v) is 2.84. The minimum atomic E-state index is -0.0282. The van der Waals surface area contributed by atoms with Crippen LogP contribution in [0.1, 0.15) is 25.8 Å². The summed E-state index contributed by atoms with van der Waals surface area (Å²) in [5.41, 5.74) is 1.36. The fraction of sp³-hybridized carbons (Fsp3) is 0.429. The number of likely N-dealkylation sites (N-methyl/N-ethyl adjacent to an activating group) is 1. The highest BCUT2D eigenvalue weighted by molar-refractivity contribution is 5.82. The number of nitrogens with one attached hydrogen (secondary N) is 1. The van der Waals surface area contributed by atoms with Crippen molar-refractivity contribution >= 4 is 11.6 Å². The third kappa shape index (κ3) is 3.77. The summed E-state index contributed by atoms with van der Waals surface area (Å²) < 4.78 is 0. The van der Waals surface area contributed by atoms with E-state index in [1.165, 1.54) is 0 Å². The summed E-state index contributed by atoms with van der Waals surface area (Å²) >= 11 is 0. The van der Waals surface area contributed by atoms with Crippen LogP contribution in [0.5, 0.6) is 0 Å². The number of nitrogens with zero attached hydrogens (tertiary/aromatic N) is 2. The topological polar surface area (TPSA) is 56.1 Å². The maximum atomic E-state index is 11.8. The van der Waals surface area contributed by atoms with E-state index >= 15 is 0 Å². The molecule has 1 rings (SSSR count). The van der Waals surface area contributed by atoms with E-state index in [0.29, 0.717) is 5.56 Å². The van der Waals surface area contributed by atoms with Crippen LogP contribution in [0.4, 0.5) is 5.69 Å². The molecule has 0 spiro atoms. The molecule has 0 fully saturated rings. The van der Waals surface area contributed by atoms with E-state index in [4.69, 9.17) is 5.26 Å². The first kappa shape index (κ1) is 14.0. The molecule has 96 valence electrons. The third-order valence-electron chi connectivity index (χ3n) is 2.84. The van der Waals surface area contributed by atoms with Crippen LogP contribution in [0.25, 0.3) is 0 Å². The lowest BCUT2D eigenvalue weighted by molar-refractivity contribution is -0.120. The average Bonchev–Trinajstić information content (AvgIpc) is 2.38. The van der Waals surface area contributed by atoms with Gasteiger partial charge in [0.25, 0.3) is 0 Å². The summed E-state index contributed by atoms with van der Waals surface area (Å²) in [7, 11) is 1.81. The van der Waals surface area contributed by atoms with Gasteiger partial charge in [-0.15, -0.1) is 0 Å². The van der Waals surface area contributed by atoms with E-state index in [-0.39, 0.29) is 18.5 Å². The highest BCUT2D eigenvalue weighted by atomic mass is 16.2. The van der Waals surface area contributed by atoms with Gasteiger partial charge in [0.15, 0.2) is 0 Å². The van der Waals surface area contributed by atoms with Crippen molar-refractivity contribution in [2.45, 2.75) is 26.3 Å². The lowest BCUT2D eigenvalue weighted by Gasteiger charge is -2.21. The van der Waals surface area contributed by atoms with Crippen molar-refractivity contribution in [2.75, 3.05) is 18.5 Å². The molecule has 18 heavy (non-hydrogen) atoms. The van der Waals surface area contributed by atoms with Crippen molar-refractivity contribution in [3.05, 3.63) is 29.8 Å². The van der Waals surface area contributed by atoms with Gasteiger partial charge in [-0.1, -0.05) is 19.1 Å². The SMILES string of the molecule is CCC(C)NC(=O)CN(C)c1ccccc1C#N. The Morgan fingerprint density at radius 2 is 2.17 bits per heavy atom. The van der Waals surface area contributed by atoms with Gasteiger partial charge in [-0.3, -0.25) is 4.79 Å². The number of anilines is 1. The van der Waals surface area contributed by atoms with E-state index in [2.05, 4.69) is 11.4 Å². The van der Waals surface area contributed by atoms with Gasteiger partial charge < -0.3 is 10.2 Å². The van der Waals surface area contributed by atoms with Crippen LogP contribution in [-0.4, -0.2) is 25.5 Å². The van der Waals surface area contributed by atoms with E-state index in [9.17, 15) is 4.79 Å². The van der Waals surface area contributed by atoms with Crippen LogP contribution in [0.2, 0.25) is 0 Å². The highest BCUT2D eigenvalue weighted by Gasteiger charge is 2.11. The quantitative estimate of drug-likeness (QED) is 0.862. The van der Waals surface area contributed by atoms with Crippen molar-refractivity contribution in [3.8, 4) is 6.07 Å². The number of hydrogen-bond acceptors (Lipinski definition) is 3. The second-order valence-electron chi connectivity index (χ2n) is 4.36. The van der Waals surface area contributed by atoms with Gasteiger partial charge in [0.05, 0.1) is 17.8 Å². The smallest absolute Gasteiger partial charge is 0.239 e. The molecule has 1 atom stereocenters. The Labute approximate surface area is 108 Å². The van der Waals surface area contributed by atoms with E-state index in [0.717, 1.165) is 12.1 Å². The minimum Gasteiger partial charge on any atom is -0.364 e. The van der Waals surface area contributed by atoms with Crippen LogP contribution in [0.15, 0.2) is 24.3 Å². The molecule has 0 aliphatic heterocycles. The number of carbonyl (C=O) groups is 1. The summed E-state index contributed by atoms with van der Waals surface area (Å²) in [4.78, 5) is 13.5. The van der Waals surface area contributed by atoms with Gasteiger partial charge in [-0.2, -0.15) is 5.26 Å². The zero-order chi connectivity index (χ0) is 13.5. The Morgan fingerprint density at radius 1 is 1.50 bits per heavy atom. The first-order valence-corrected chi connectivity index (χ1v) is 6.08. The molecule has 0 saturated carbocycles. The number of carbonyl (C=O) groups excluding carboxylic acids is 1. The summed E-state index contributed by atoms with van der Waals surface area (Å²) in [6.45, 7) is 4.25. The first-order valence-electron chi connectivity index (χ1n) is 6.08. The second kappa shape index (κ2) is 6.65. The maximum absolute atomic E-state index is 11.8. The Bertz CT molecular complexity index is 451. The van der Waals surface area contributed by atoms with Crippen molar-refractivity contribution in [1.82, 2.24) is 5.32 Å². The number of nitriles is 1. The van der Waals surface area contributed by atoms with Gasteiger partial charge in [0.2, 0.25) is 5.91 Å². The molecule has 1 N–H and O–H groups in total. The van der Waals surface area contributed by atoms with Crippen LogP contribution in [0, 0.1) is 11.3 Å². The molecular weight excluding hydrogens is 226 g/mol. The average molecular weight is 245 g/mol. The molecule has 1 amide bonds. The molecule has 1 unspecified atom stereocenters. The molecule has 0 radical (unpaired) electrons. The molecule has 0 saturated heterocycles. The van der Waals surface area contributed by atoms with Gasteiger partial charge in [-0.25, -0.2) is 0 Å². The fourth-order valence-corrected chi connectivity index (χ4v) is 1.62. The van der Waals surface area contributed by atoms with E-state index in [1.807, 2.05) is 39.1 Å². The molecule has 0 bridgehead atoms. The van der Waals surface area contributed by atoms with Crippen LogP contribution in [0.3, 0.4) is 0 Å². The molecule has 4 nitrogen and oxygen atoms in total. The van der Waals surface area contributed by atoms with Gasteiger partial charge in [0.1, 0.15) is 6.07 Å². The van der Waals surface area contributed by atoms with Crippen molar-refractivity contribution in [2.24, 2.45) is 0 Å². The first-order chi connectivity index (χ1) is 8.58. The molecule has 0 heterocycles. The Balaban J connectivity index is 2.68. The Hall–Kier alpha value is -2.02. The molecule has 4 heteroatoms. The predicted octanol–water partition coefficient (Wildman–Crippen LogP) is 1.91. The molecule has 0 aliphatic carbocycles. The minimum absolute atomic E-state index is 0.0282. The van der Waals surface area contributed by atoms with Crippen LogP contribution >= 0.6 is 0 Å². The fourth-order valence-electron chi connectivity index (χ4n) is 1.62. The normalized spacial score (nSPS) is 11.4. The van der Waals surface area contributed by atoms with Gasteiger partial charge >= 0.3 is 0 Å². The molecule has 0 aliphatic rings. The number of hydrogen-bond donors (Lipinski definition) is 1. The van der Waals surface area contributed by atoms with E-state index in [1.54, 1.807) is 11.0 Å². The zero-order valence-electron chi connectivity index (χ0n) is 11.1. The molecular formula is C14H19N3O. The number of amides is 1. The van der Waals surface area contributed by atoms with Crippen molar-refractivity contribution < 1.29 is 4.79 Å². The predicted molar refractivity (Wildman–Crippen MR) is 72.3 cm³/mol. The lowest BCUT2D eigenvalue weighted by atomic mass is 10.2. The van der Waals surface area contributed by atoms with Gasteiger partial charge in [0, 0.05) is 13.1 Å². The number of para-hydroxylation sites is 1. The Morgan fingerprint density at radius 3 is 2.78 bits per heavy atom. The van der Waals surface area contributed by atoms with Gasteiger partial charge in [-0.05, 0) is 25.5 Å². The summed E-state index contributed by atoms with van der Waals surface area (Å²) in [6.07, 6.45) is 0.907. The van der Waals surface area contributed by atoms with Crippen molar-refractivity contribution in [1.29, 1.82) is 5.26 Å². The summed E-state index contributed by atoms with van der Waals surface area (Å²) in [6, 6.07) is 9.57. The van der Waals surface area contributed by atoms with Crippen LogP contribution < -0.4 is 10.2 Å². The number of rotatable bonds is 5. The summed E-state index contributed by atoms with van der Waals surface area (Å²) in [5, 5.41) is 11.9. The molecule has 1 aromatic carbocycles. The lowest BCUT2D eigenvalue weighted by Crippen LogP contribution is -2.39. The molecule has 1 aromatic rings. The zero-order valence-corrected chi connectivity index (χ0v) is 11.1. The molecule has 0 aromatic heterocycles.